The molecule has 26 heavy (non-hydrogen) atoms. The van der Waals surface area contributed by atoms with Gasteiger partial charge in [0.05, 0.1) is 17.1 Å². The normalized spacial score (nSPS) is 12.2. The Morgan fingerprint density at radius 2 is 1.92 bits per heavy atom. The van der Waals surface area contributed by atoms with E-state index in [9.17, 15) is 14.9 Å². The number of benzene rings is 1. The summed E-state index contributed by atoms with van der Waals surface area (Å²) in [5, 5.41) is 14.4. The van der Waals surface area contributed by atoms with E-state index >= 15 is 0 Å². The first-order chi connectivity index (χ1) is 12.2. The Labute approximate surface area is 152 Å². The highest BCUT2D eigenvalue weighted by Crippen LogP contribution is 2.30. The van der Waals surface area contributed by atoms with Gasteiger partial charge in [-0.05, 0) is 57.0 Å². The van der Waals surface area contributed by atoms with Crippen molar-refractivity contribution >= 4 is 11.4 Å². The molecule has 0 aliphatic heterocycles. The zero-order valence-corrected chi connectivity index (χ0v) is 15.8. The Bertz CT molecular complexity index is 832. The summed E-state index contributed by atoms with van der Waals surface area (Å²) in [6.45, 7) is 8.01. The molecule has 7 nitrogen and oxygen atoms in total. The second-order valence-corrected chi connectivity index (χ2v) is 6.69. The fraction of sp³-hybridized carbons (Fsp3) is 0.421. The van der Waals surface area contributed by atoms with Crippen molar-refractivity contribution in [3.63, 3.8) is 0 Å². The van der Waals surface area contributed by atoms with Crippen LogP contribution in [0, 0.1) is 17.0 Å². The summed E-state index contributed by atoms with van der Waals surface area (Å²) in [6.07, 6.45) is 1.73. The van der Waals surface area contributed by atoms with Crippen LogP contribution in [0.1, 0.15) is 26.3 Å². The van der Waals surface area contributed by atoms with Crippen molar-refractivity contribution in [2.24, 2.45) is 7.05 Å². The first-order valence-corrected chi connectivity index (χ1v) is 8.54. The van der Waals surface area contributed by atoms with Crippen molar-refractivity contribution in [1.29, 1.82) is 0 Å². The molecule has 7 heteroatoms. The average molecular weight is 359 g/mol. The van der Waals surface area contributed by atoms with Gasteiger partial charge in [-0.2, -0.15) is 0 Å². The van der Waals surface area contributed by atoms with Crippen LogP contribution in [0.2, 0.25) is 0 Å². The molecular formula is C19H25N3O4. The minimum absolute atomic E-state index is 0.00652. The molecule has 0 aliphatic carbocycles. The lowest BCUT2D eigenvalue weighted by Gasteiger charge is -2.17. The Balaban J connectivity index is 2.36. The van der Waals surface area contributed by atoms with Crippen LogP contribution in [0.4, 0.5) is 11.4 Å². The number of hydrogen-bond donors (Lipinski definition) is 1. The van der Waals surface area contributed by atoms with Gasteiger partial charge in [-0.15, -0.1) is 0 Å². The number of rotatable bonds is 7. The van der Waals surface area contributed by atoms with Crippen molar-refractivity contribution < 1.29 is 9.66 Å². The van der Waals surface area contributed by atoms with Gasteiger partial charge >= 0.3 is 0 Å². The lowest BCUT2D eigenvalue weighted by Crippen LogP contribution is -2.23. The fourth-order valence-corrected chi connectivity index (χ4v) is 2.82. The van der Waals surface area contributed by atoms with E-state index in [4.69, 9.17) is 4.74 Å². The van der Waals surface area contributed by atoms with E-state index < -0.39 is 4.92 Å². The van der Waals surface area contributed by atoms with Crippen LogP contribution in [-0.2, 0) is 11.8 Å². The van der Waals surface area contributed by atoms with E-state index in [0.29, 0.717) is 17.8 Å². The summed E-state index contributed by atoms with van der Waals surface area (Å²) in [4.78, 5) is 22.8. The highest BCUT2D eigenvalue weighted by Gasteiger charge is 2.16. The summed E-state index contributed by atoms with van der Waals surface area (Å²) >= 11 is 0. The zero-order chi connectivity index (χ0) is 19.4. The van der Waals surface area contributed by atoms with Crippen molar-refractivity contribution in [1.82, 2.24) is 4.57 Å². The van der Waals surface area contributed by atoms with Gasteiger partial charge in [0, 0.05) is 31.4 Å². The van der Waals surface area contributed by atoms with Crippen LogP contribution < -0.4 is 10.9 Å². The van der Waals surface area contributed by atoms with Crippen LogP contribution in [0.15, 0.2) is 35.3 Å². The highest BCUT2D eigenvalue weighted by molar-refractivity contribution is 5.74. The molecule has 0 fully saturated rings. The number of nitrogens with zero attached hydrogens (tertiary/aromatic N) is 2. The van der Waals surface area contributed by atoms with Crippen LogP contribution in [0.3, 0.4) is 0 Å². The lowest BCUT2D eigenvalue weighted by atomic mass is 10.0. The number of aryl methyl sites for hydroxylation is 2. The topological polar surface area (TPSA) is 86.4 Å². The van der Waals surface area contributed by atoms with Crippen molar-refractivity contribution in [2.45, 2.75) is 39.9 Å². The van der Waals surface area contributed by atoms with Crippen molar-refractivity contribution in [3.8, 4) is 11.1 Å². The molecule has 1 aromatic heterocycles. The molecule has 0 radical (unpaired) electrons. The number of nitro benzene ring substituents is 1. The van der Waals surface area contributed by atoms with Crippen LogP contribution >= 0.6 is 0 Å². The standard InChI is InChI=1S/C19H25N3O4/c1-12(2)26-14(4)10-20-17-9-15(6-7-18(17)22(24)25)16-8-13(3)19(23)21(5)11-16/h6-9,11-12,14,20H,10H2,1-5H3/t14-/m0/s1. The van der Waals surface area contributed by atoms with E-state index in [1.807, 2.05) is 20.8 Å². The van der Waals surface area contributed by atoms with Crippen molar-refractivity contribution in [2.75, 3.05) is 11.9 Å². The maximum Gasteiger partial charge on any atom is 0.292 e. The number of aromatic nitrogens is 1. The molecule has 1 atom stereocenters. The van der Waals surface area contributed by atoms with E-state index in [0.717, 1.165) is 11.1 Å². The van der Waals surface area contributed by atoms with Gasteiger partial charge in [0.2, 0.25) is 0 Å². The smallest absolute Gasteiger partial charge is 0.292 e. The van der Waals surface area contributed by atoms with Crippen molar-refractivity contribution in [3.05, 3.63) is 56.5 Å². The minimum atomic E-state index is -0.411. The molecule has 1 heterocycles. The van der Waals surface area contributed by atoms with E-state index in [2.05, 4.69) is 5.32 Å². The minimum Gasteiger partial charge on any atom is -0.377 e. The third-order valence-electron chi connectivity index (χ3n) is 3.97. The summed E-state index contributed by atoms with van der Waals surface area (Å²) in [6, 6.07) is 6.69. The SMILES string of the molecule is Cc1cc(-c2ccc([N+](=O)[O-])c(NC[C@H](C)OC(C)C)c2)cn(C)c1=O. The number of pyridine rings is 1. The maximum atomic E-state index is 11.9. The second-order valence-electron chi connectivity index (χ2n) is 6.69. The number of nitro groups is 1. The number of nitrogens with one attached hydrogen (secondary N) is 1. The first kappa shape index (κ1) is 19.7. The molecular weight excluding hydrogens is 334 g/mol. The molecule has 0 amide bonds. The molecule has 0 spiro atoms. The molecule has 1 aromatic carbocycles. The van der Waals surface area contributed by atoms with E-state index in [-0.39, 0.29) is 23.5 Å². The average Bonchev–Trinajstić information content (AvgIpc) is 2.56. The van der Waals surface area contributed by atoms with Gasteiger partial charge < -0.3 is 14.6 Å². The molecule has 140 valence electrons. The molecule has 0 aliphatic rings. The Morgan fingerprint density at radius 1 is 1.23 bits per heavy atom. The summed E-state index contributed by atoms with van der Waals surface area (Å²) in [7, 11) is 1.69. The number of ether oxygens (including phenoxy) is 1. The van der Waals surface area contributed by atoms with Gasteiger partial charge in [0.1, 0.15) is 5.69 Å². The predicted molar refractivity (Wildman–Crippen MR) is 103 cm³/mol. The fourth-order valence-electron chi connectivity index (χ4n) is 2.82. The highest BCUT2D eigenvalue weighted by atomic mass is 16.6. The summed E-state index contributed by atoms with van der Waals surface area (Å²) < 4.78 is 7.17. The Morgan fingerprint density at radius 3 is 2.50 bits per heavy atom. The Hall–Kier alpha value is -2.67. The lowest BCUT2D eigenvalue weighted by molar-refractivity contribution is -0.383. The van der Waals surface area contributed by atoms with Gasteiger partial charge in [-0.3, -0.25) is 14.9 Å². The molecule has 0 unspecified atom stereocenters. The van der Waals surface area contributed by atoms with Gasteiger partial charge in [-0.25, -0.2) is 0 Å². The van der Waals surface area contributed by atoms with Crippen LogP contribution in [-0.4, -0.2) is 28.2 Å². The predicted octanol–water partition coefficient (Wildman–Crippen LogP) is 3.49. The van der Waals surface area contributed by atoms with Gasteiger partial charge in [0.25, 0.3) is 11.2 Å². The number of hydrogen-bond acceptors (Lipinski definition) is 5. The van der Waals surface area contributed by atoms with E-state index in [1.165, 1.54) is 10.6 Å². The van der Waals surface area contributed by atoms with Gasteiger partial charge in [-0.1, -0.05) is 0 Å². The third-order valence-corrected chi connectivity index (χ3v) is 3.97. The second kappa shape index (κ2) is 8.14. The molecule has 0 bridgehead atoms. The van der Waals surface area contributed by atoms with Crippen LogP contribution in [0.25, 0.3) is 11.1 Å². The van der Waals surface area contributed by atoms with E-state index in [1.54, 1.807) is 38.4 Å². The monoisotopic (exact) mass is 359 g/mol. The Kier molecular flexibility index (Phi) is 6.15. The molecule has 0 saturated carbocycles. The largest absolute Gasteiger partial charge is 0.377 e. The summed E-state index contributed by atoms with van der Waals surface area (Å²) in [5.41, 5.74) is 2.62. The summed E-state index contributed by atoms with van der Waals surface area (Å²) in [5.74, 6) is 0. The first-order valence-electron chi connectivity index (χ1n) is 8.54. The molecule has 0 saturated heterocycles. The van der Waals surface area contributed by atoms with Crippen LogP contribution in [0.5, 0.6) is 0 Å². The zero-order valence-electron chi connectivity index (χ0n) is 15.8. The number of anilines is 1. The maximum absolute atomic E-state index is 11.9. The molecule has 2 rings (SSSR count). The van der Waals surface area contributed by atoms with Gasteiger partial charge in [0.15, 0.2) is 0 Å². The third kappa shape index (κ3) is 4.70. The molecule has 2 aromatic rings. The molecule has 1 N–H and O–H groups in total. The quantitative estimate of drug-likeness (QED) is 0.604.